The van der Waals surface area contributed by atoms with Crippen molar-refractivity contribution < 1.29 is 9.66 Å². The Labute approximate surface area is 106 Å². The molecule has 1 fully saturated rings. The second kappa shape index (κ2) is 5.46. The van der Waals surface area contributed by atoms with Gasteiger partial charge in [-0.2, -0.15) is 0 Å². The summed E-state index contributed by atoms with van der Waals surface area (Å²) in [5.41, 5.74) is 6.90. The highest BCUT2D eigenvalue weighted by molar-refractivity contribution is 5.34. The minimum atomic E-state index is -0.365. The average Bonchev–Trinajstić information content (AvgIpc) is 2.40. The Balaban J connectivity index is 2.16. The lowest BCUT2D eigenvalue weighted by Gasteiger charge is -2.36. The minimum absolute atomic E-state index is 0.0620. The third-order valence-electron chi connectivity index (χ3n) is 3.54. The normalized spacial score (nSPS) is 23.8. The van der Waals surface area contributed by atoms with Crippen LogP contribution in [0.25, 0.3) is 0 Å². The van der Waals surface area contributed by atoms with Crippen LogP contribution < -0.4 is 5.73 Å². The van der Waals surface area contributed by atoms with E-state index < -0.39 is 0 Å². The summed E-state index contributed by atoms with van der Waals surface area (Å²) in [5, 5.41) is 10.8. The lowest BCUT2D eigenvalue weighted by atomic mass is 9.77. The molecule has 0 radical (unpaired) electrons. The molecule has 1 atom stereocenters. The Morgan fingerprint density at radius 2 is 2.33 bits per heavy atom. The van der Waals surface area contributed by atoms with Gasteiger partial charge in [0.05, 0.1) is 11.5 Å². The molecule has 1 aliphatic heterocycles. The van der Waals surface area contributed by atoms with E-state index in [4.69, 9.17) is 10.5 Å². The number of benzene rings is 1. The van der Waals surface area contributed by atoms with Crippen molar-refractivity contribution in [2.75, 3.05) is 19.8 Å². The number of nitro groups is 1. The third kappa shape index (κ3) is 2.86. The zero-order valence-electron chi connectivity index (χ0n) is 10.3. The molecular weight excluding hydrogens is 232 g/mol. The number of non-ortho nitro benzene ring substituents is 1. The van der Waals surface area contributed by atoms with E-state index in [2.05, 4.69) is 0 Å². The minimum Gasteiger partial charge on any atom is -0.381 e. The molecule has 0 aromatic heterocycles. The number of hydrogen-bond donors (Lipinski definition) is 1. The van der Waals surface area contributed by atoms with Gasteiger partial charge in [-0.05, 0) is 24.8 Å². The summed E-state index contributed by atoms with van der Waals surface area (Å²) in [7, 11) is 0. The monoisotopic (exact) mass is 250 g/mol. The molecule has 5 heteroatoms. The molecular formula is C13H18N2O3. The first-order valence-corrected chi connectivity index (χ1v) is 6.16. The molecule has 1 aromatic rings. The van der Waals surface area contributed by atoms with Crippen molar-refractivity contribution in [3.05, 3.63) is 39.9 Å². The summed E-state index contributed by atoms with van der Waals surface area (Å²) in [5.74, 6) is 0. The number of hydrogen-bond acceptors (Lipinski definition) is 4. The summed E-state index contributed by atoms with van der Waals surface area (Å²) < 4.78 is 5.51. The first kappa shape index (κ1) is 13.0. The van der Waals surface area contributed by atoms with Crippen molar-refractivity contribution in [2.45, 2.75) is 19.3 Å². The molecule has 1 unspecified atom stereocenters. The van der Waals surface area contributed by atoms with Crippen LogP contribution >= 0.6 is 0 Å². The maximum atomic E-state index is 10.8. The fourth-order valence-corrected chi connectivity index (χ4v) is 2.50. The molecule has 18 heavy (non-hydrogen) atoms. The van der Waals surface area contributed by atoms with Crippen LogP contribution in [0, 0.1) is 15.5 Å². The van der Waals surface area contributed by atoms with Crippen molar-refractivity contribution >= 4 is 5.69 Å². The summed E-state index contributed by atoms with van der Waals surface area (Å²) in [4.78, 5) is 10.4. The summed E-state index contributed by atoms with van der Waals surface area (Å²) >= 11 is 0. The number of ether oxygens (including phenoxy) is 1. The van der Waals surface area contributed by atoms with Crippen molar-refractivity contribution in [2.24, 2.45) is 11.1 Å². The predicted molar refractivity (Wildman–Crippen MR) is 68.3 cm³/mol. The summed E-state index contributed by atoms with van der Waals surface area (Å²) in [6.07, 6.45) is 2.77. The van der Waals surface area contributed by atoms with Gasteiger partial charge in [-0.25, -0.2) is 0 Å². The van der Waals surface area contributed by atoms with Gasteiger partial charge in [-0.1, -0.05) is 12.1 Å². The van der Waals surface area contributed by atoms with E-state index in [1.165, 1.54) is 6.07 Å². The molecule has 2 N–H and O–H groups in total. The van der Waals surface area contributed by atoms with Crippen LogP contribution in [0.5, 0.6) is 0 Å². The third-order valence-corrected chi connectivity index (χ3v) is 3.54. The van der Waals surface area contributed by atoms with Crippen molar-refractivity contribution in [1.29, 1.82) is 0 Å². The highest BCUT2D eigenvalue weighted by Gasteiger charge is 2.32. The Hall–Kier alpha value is -1.46. The fourth-order valence-electron chi connectivity index (χ4n) is 2.50. The van der Waals surface area contributed by atoms with Crippen LogP contribution in [0.15, 0.2) is 24.3 Å². The maximum absolute atomic E-state index is 10.8. The van der Waals surface area contributed by atoms with E-state index in [0.717, 1.165) is 31.4 Å². The Kier molecular flexibility index (Phi) is 3.93. The Bertz CT molecular complexity index is 428. The van der Waals surface area contributed by atoms with Crippen LogP contribution in [0.2, 0.25) is 0 Å². The van der Waals surface area contributed by atoms with E-state index in [0.29, 0.717) is 13.2 Å². The first-order valence-electron chi connectivity index (χ1n) is 6.16. The van der Waals surface area contributed by atoms with Crippen LogP contribution in [-0.4, -0.2) is 24.7 Å². The van der Waals surface area contributed by atoms with E-state index in [9.17, 15) is 10.1 Å². The second-order valence-electron chi connectivity index (χ2n) is 4.96. The molecule has 98 valence electrons. The highest BCUT2D eigenvalue weighted by atomic mass is 16.6. The number of nitro benzene ring substituents is 1. The van der Waals surface area contributed by atoms with Gasteiger partial charge >= 0.3 is 0 Å². The topological polar surface area (TPSA) is 78.4 Å². The van der Waals surface area contributed by atoms with Crippen LogP contribution in [0.4, 0.5) is 5.69 Å². The van der Waals surface area contributed by atoms with Crippen molar-refractivity contribution in [3.8, 4) is 0 Å². The molecule has 1 heterocycles. The van der Waals surface area contributed by atoms with Crippen LogP contribution in [0.1, 0.15) is 18.4 Å². The molecule has 0 spiro atoms. The Morgan fingerprint density at radius 1 is 1.50 bits per heavy atom. The number of nitrogens with two attached hydrogens (primary N) is 1. The molecule has 1 saturated heterocycles. The summed E-state index contributed by atoms with van der Waals surface area (Å²) in [6.45, 7) is 1.98. The van der Waals surface area contributed by atoms with E-state index in [-0.39, 0.29) is 16.0 Å². The van der Waals surface area contributed by atoms with Gasteiger partial charge in [-0.15, -0.1) is 0 Å². The summed E-state index contributed by atoms with van der Waals surface area (Å²) in [6, 6.07) is 6.78. The molecule has 0 bridgehead atoms. The quantitative estimate of drug-likeness (QED) is 0.653. The molecule has 0 saturated carbocycles. The van der Waals surface area contributed by atoms with E-state index in [1.54, 1.807) is 12.1 Å². The molecule has 1 aliphatic rings. The van der Waals surface area contributed by atoms with Crippen LogP contribution in [0.3, 0.4) is 0 Å². The average molecular weight is 250 g/mol. The zero-order chi connectivity index (χ0) is 13.0. The standard InChI is InChI=1S/C13H18N2O3/c14-9-13(5-2-6-18-10-13)8-11-3-1-4-12(7-11)15(16)17/h1,3-4,7H,2,5-6,8-10,14H2. The van der Waals surface area contributed by atoms with E-state index >= 15 is 0 Å². The largest absolute Gasteiger partial charge is 0.381 e. The zero-order valence-corrected chi connectivity index (χ0v) is 10.3. The SMILES string of the molecule is NCC1(Cc2cccc([N+](=O)[O-])c2)CCCOC1. The van der Waals surface area contributed by atoms with Crippen LogP contribution in [-0.2, 0) is 11.2 Å². The number of rotatable bonds is 4. The number of nitrogens with zero attached hydrogens (tertiary/aromatic N) is 1. The first-order chi connectivity index (χ1) is 8.65. The van der Waals surface area contributed by atoms with Gasteiger partial charge < -0.3 is 10.5 Å². The van der Waals surface area contributed by atoms with Gasteiger partial charge in [-0.3, -0.25) is 10.1 Å². The molecule has 0 aliphatic carbocycles. The van der Waals surface area contributed by atoms with Gasteiger partial charge in [0.15, 0.2) is 0 Å². The highest BCUT2D eigenvalue weighted by Crippen LogP contribution is 2.32. The van der Waals surface area contributed by atoms with Gasteiger partial charge in [0, 0.05) is 30.7 Å². The second-order valence-corrected chi connectivity index (χ2v) is 4.96. The smallest absolute Gasteiger partial charge is 0.269 e. The lowest BCUT2D eigenvalue weighted by Crippen LogP contribution is -2.40. The molecule has 5 nitrogen and oxygen atoms in total. The molecule has 1 aromatic carbocycles. The molecule has 0 amide bonds. The maximum Gasteiger partial charge on any atom is 0.269 e. The predicted octanol–water partition coefficient (Wildman–Crippen LogP) is 1.89. The lowest BCUT2D eigenvalue weighted by molar-refractivity contribution is -0.384. The van der Waals surface area contributed by atoms with E-state index in [1.807, 2.05) is 6.07 Å². The van der Waals surface area contributed by atoms with Gasteiger partial charge in [0.2, 0.25) is 0 Å². The van der Waals surface area contributed by atoms with Crippen molar-refractivity contribution in [1.82, 2.24) is 0 Å². The molecule has 2 rings (SSSR count). The Morgan fingerprint density at radius 3 is 2.94 bits per heavy atom. The van der Waals surface area contributed by atoms with Crippen molar-refractivity contribution in [3.63, 3.8) is 0 Å². The van der Waals surface area contributed by atoms with Gasteiger partial charge in [0.25, 0.3) is 5.69 Å². The van der Waals surface area contributed by atoms with Gasteiger partial charge in [0.1, 0.15) is 0 Å². The fraction of sp³-hybridized carbons (Fsp3) is 0.538.